The van der Waals surface area contributed by atoms with Crippen molar-refractivity contribution >= 4 is 11.5 Å². The first kappa shape index (κ1) is 9.13. The zero-order chi connectivity index (χ0) is 16.1. The first-order valence-corrected chi connectivity index (χ1v) is 6.59. The first-order valence-electron chi connectivity index (χ1n) is 8.09. The Balaban J connectivity index is 2.26. The van der Waals surface area contributed by atoms with E-state index in [1.807, 2.05) is 57.2 Å². The molecule has 0 saturated carbocycles. The van der Waals surface area contributed by atoms with Crippen LogP contribution < -0.4 is 4.90 Å². The van der Waals surface area contributed by atoms with Crippen molar-refractivity contribution in [2.24, 2.45) is 0 Å². The third-order valence-corrected chi connectivity index (χ3v) is 4.17. The van der Waals surface area contributed by atoms with E-state index in [2.05, 4.69) is 9.88 Å². The van der Waals surface area contributed by atoms with Crippen LogP contribution in [0.1, 0.15) is 35.9 Å². The quantitative estimate of drug-likeness (QED) is 0.759. The van der Waals surface area contributed by atoms with Crippen LogP contribution in [0.4, 0.5) is 11.5 Å². The molecular weight excluding hydrogens is 232 g/mol. The average Bonchev–Trinajstić information content (AvgIpc) is 2.70. The van der Waals surface area contributed by atoms with E-state index >= 15 is 0 Å². The summed E-state index contributed by atoms with van der Waals surface area (Å²) in [6.07, 6.45) is 1.72. The molecule has 1 aromatic carbocycles. The second-order valence-corrected chi connectivity index (χ2v) is 5.41. The molecule has 0 spiro atoms. The minimum atomic E-state index is -2.10. The molecule has 2 unspecified atom stereocenters. The number of anilines is 2. The third-order valence-electron chi connectivity index (χ3n) is 4.17. The maximum Gasteiger partial charge on any atom is 0.137 e. The van der Waals surface area contributed by atoms with Gasteiger partial charge in [0.1, 0.15) is 5.82 Å². The number of nitrogens with zero attached hydrogens (tertiary/aromatic N) is 2. The number of rotatable bonds is 1. The highest BCUT2D eigenvalue weighted by Gasteiger charge is 2.43. The molecule has 1 aromatic heterocycles. The minimum Gasteiger partial charge on any atom is -0.322 e. The monoisotopic (exact) mass is 255 g/mol. The predicted octanol–water partition coefficient (Wildman–Crippen LogP) is 4.21. The summed E-state index contributed by atoms with van der Waals surface area (Å²) >= 11 is 0. The molecule has 1 aliphatic heterocycles. The SMILES string of the molecule is [2H]C([2H])([2H])C1(C)c2cccnc2N(c2ccccc2C)C1C. The molecule has 19 heavy (non-hydrogen) atoms. The zero-order valence-corrected chi connectivity index (χ0v) is 11.5. The van der Waals surface area contributed by atoms with Crippen molar-refractivity contribution in [2.45, 2.75) is 39.1 Å². The van der Waals surface area contributed by atoms with Crippen molar-refractivity contribution in [1.29, 1.82) is 0 Å². The second kappa shape index (κ2) is 4.09. The van der Waals surface area contributed by atoms with Gasteiger partial charge in [-0.05, 0) is 31.5 Å². The highest BCUT2D eigenvalue weighted by atomic mass is 15.3. The first-order chi connectivity index (χ1) is 10.3. The van der Waals surface area contributed by atoms with E-state index in [1.54, 1.807) is 6.20 Å². The molecule has 2 nitrogen and oxygen atoms in total. The van der Waals surface area contributed by atoms with Gasteiger partial charge in [-0.2, -0.15) is 0 Å². The molecule has 0 N–H and O–H groups in total. The topological polar surface area (TPSA) is 16.1 Å². The Labute approximate surface area is 119 Å². The number of aryl methyl sites for hydroxylation is 1. The molecule has 1 aliphatic rings. The Hall–Kier alpha value is -1.83. The molecule has 0 radical (unpaired) electrons. The summed E-state index contributed by atoms with van der Waals surface area (Å²) in [5.41, 5.74) is 1.98. The summed E-state index contributed by atoms with van der Waals surface area (Å²) in [6.45, 7) is 3.74. The fourth-order valence-corrected chi connectivity index (χ4v) is 2.82. The fourth-order valence-electron chi connectivity index (χ4n) is 2.82. The summed E-state index contributed by atoms with van der Waals surface area (Å²) in [7, 11) is 0. The molecule has 98 valence electrons. The van der Waals surface area contributed by atoms with Gasteiger partial charge in [-0.25, -0.2) is 4.98 Å². The van der Waals surface area contributed by atoms with Crippen LogP contribution in [0.5, 0.6) is 0 Å². The standard InChI is InChI=1S/C17H20N2/c1-12-8-5-6-10-15(12)19-13(2)17(3,4)14-9-7-11-18-16(14)19/h5-11,13H,1-4H3/i3D3. The number of benzene rings is 1. The summed E-state index contributed by atoms with van der Waals surface area (Å²) < 4.78 is 24.2. The number of pyridine rings is 1. The number of fused-ring (bicyclic) bond motifs is 1. The minimum absolute atomic E-state index is 0.203. The molecule has 0 saturated heterocycles. The lowest BCUT2D eigenvalue weighted by atomic mass is 9.82. The van der Waals surface area contributed by atoms with Crippen LogP contribution in [0.3, 0.4) is 0 Å². The summed E-state index contributed by atoms with van der Waals surface area (Å²) in [4.78, 5) is 6.56. The van der Waals surface area contributed by atoms with Crippen LogP contribution >= 0.6 is 0 Å². The average molecular weight is 255 g/mol. The van der Waals surface area contributed by atoms with E-state index < -0.39 is 12.3 Å². The molecule has 0 aliphatic carbocycles. The number of hydrogen-bond donors (Lipinski definition) is 0. The maximum absolute atomic E-state index is 8.07. The Kier molecular flexibility index (Phi) is 1.97. The molecule has 0 bridgehead atoms. The van der Waals surface area contributed by atoms with Crippen molar-refractivity contribution in [1.82, 2.24) is 4.98 Å². The molecule has 0 fully saturated rings. The van der Waals surface area contributed by atoms with Gasteiger partial charge in [0.05, 0.1) is 0 Å². The Morgan fingerprint density at radius 2 is 2.05 bits per heavy atom. The highest BCUT2D eigenvalue weighted by Crippen LogP contribution is 2.47. The van der Waals surface area contributed by atoms with E-state index in [0.29, 0.717) is 0 Å². The van der Waals surface area contributed by atoms with Gasteiger partial charge in [-0.1, -0.05) is 38.0 Å². The van der Waals surface area contributed by atoms with Crippen molar-refractivity contribution < 1.29 is 4.11 Å². The lowest BCUT2D eigenvalue weighted by Crippen LogP contribution is -2.36. The Morgan fingerprint density at radius 3 is 2.79 bits per heavy atom. The number of aromatic nitrogens is 1. The van der Waals surface area contributed by atoms with Gasteiger partial charge in [-0.15, -0.1) is 0 Å². The summed E-state index contributed by atoms with van der Waals surface area (Å²) in [5, 5.41) is 0. The van der Waals surface area contributed by atoms with Crippen molar-refractivity contribution in [3.05, 3.63) is 53.7 Å². The lowest BCUT2D eigenvalue weighted by molar-refractivity contribution is 0.462. The zero-order valence-electron chi connectivity index (χ0n) is 14.5. The van der Waals surface area contributed by atoms with Crippen LogP contribution in [0.2, 0.25) is 0 Å². The van der Waals surface area contributed by atoms with Gasteiger partial charge in [0.15, 0.2) is 0 Å². The van der Waals surface area contributed by atoms with Crippen LogP contribution in [-0.2, 0) is 5.41 Å². The van der Waals surface area contributed by atoms with E-state index in [1.165, 1.54) is 0 Å². The summed E-state index contributed by atoms with van der Waals surface area (Å²) in [5.74, 6) is 0.753. The van der Waals surface area contributed by atoms with E-state index in [9.17, 15) is 0 Å². The lowest BCUT2D eigenvalue weighted by Gasteiger charge is -2.31. The van der Waals surface area contributed by atoms with Crippen molar-refractivity contribution in [2.75, 3.05) is 4.90 Å². The molecule has 2 aromatic rings. The Morgan fingerprint density at radius 1 is 1.26 bits per heavy atom. The van der Waals surface area contributed by atoms with Gasteiger partial charge in [0.25, 0.3) is 0 Å². The maximum atomic E-state index is 8.07. The van der Waals surface area contributed by atoms with Crippen molar-refractivity contribution in [3.63, 3.8) is 0 Å². The molecule has 2 heteroatoms. The predicted molar refractivity (Wildman–Crippen MR) is 80.0 cm³/mol. The van der Waals surface area contributed by atoms with E-state index in [0.717, 1.165) is 22.6 Å². The van der Waals surface area contributed by atoms with Crippen LogP contribution in [0.15, 0.2) is 42.6 Å². The van der Waals surface area contributed by atoms with E-state index in [4.69, 9.17) is 4.11 Å². The number of hydrogen-bond acceptors (Lipinski definition) is 2. The van der Waals surface area contributed by atoms with E-state index in [-0.39, 0.29) is 6.04 Å². The largest absolute Gasteiger partial charge is 0.322 e. The normalized spacial score (nSPS) is 28.5. The van der Waals surface area contributed by atoms with Gasteiger partial charge in [-0.3, -0.25) is 0 Å². The highest BCUT2D eigenvalue weighted by molar-refractivity contribution is 5.72. The van der Waals surface area contributed by atoms with Crippen molar-refractivity contribution in [3.8, 4) is 0 Å². The van der Waals surface area contributed by atoms with Gasteiger partial charge in [0.2, 0.25) is 0 Å². The van der Waals surface area contributed by atoms with Gasteiger partial charge < -0.3 is 4.90 Å². The molecule has 3 rings (SSSR count). The van der Waals surface area contributed by atoms with Crippen LogP contribution in [0, 0.1) is 6.92 Å². The fraction of sp³-hybridized carbons (Fsp3) is 0.353. The van der Waals surface area contributed by atoms with Gasteiger partial charge in [0, 0.05) is 33.0 Å². The molecular formula is C17H20N2. The summed E-state index contributed by atoms with van der Waals surface area (Å²) in [6, 6.07) is 11.5. The third kappa shape index (κ3) is 1.66. The smallest absolute Gasteiger partial charge is 0.137 e. The second-order valence-electron chi connectivity index (χ2n) is 5.41. The molecule has 2 heterocycles. The molecule has 0 amide bonds. The molecule has 2 atom stereocenters. The number of para-hydroxylation sites is 1. The van der Waals surface area contributed by atoms with Crippen LogP contribution in [0.25, 0.3) is 0 Å². The Bertz CT molecular complexity index is 711. The van der Waals surface area contributed by atoms with Gasteiger partial charge >= 0.3 is 0 Å². The van der Waals surface area contributed by atoms with Crippen LogP contribution in [-0.4, -0.2) is 11.0 Å².